The normalized spacial score (nSPS) is 18.7. The molecule has 1 aliphatic rings. The maximum Gasteiger partial charge on any atom is 0.291 e. The monoisotopic (exact) mass is 343 g/mol. The van der Waals surface area contributed by atoms with Crippen molar-refractivity contribution in [1.82, 2.24) is 24.9 Å². The minimum absolute atomic E-state index is 0.108. The highest BCUT2D eigenvalue weighted by Crippen LogP contribution is 2.38. The Morgan fingerprint density at radius 2 is 2.38 bits per heavy atom. The van der Waals surface area contributed by atoms with E-state index in [1.807, 2.05) is 13.8 Å². The van der Waals surface area contributed by atoms with Crippen molar-refractivity contribution in [2.24, 2.45) is 5.92 Å². The quantitative estimate of drug-likeness (QED) is 0.793. The molecule has 1 N–H and O–H groups in total. The Labute approximate surface area is 144 Å². The first kappa shape index (κ1) is 15.5. The van der Waals surface area contributed by atoms with E-state index in [0.717, 1.165) is 35.1 Å². The van der Waals surface area contributed by atoms with Crippen molar-refractivity contribution in [3.05, 3.63) is 22.6 Å². The predicted molar refractivity (Wildman–Crippen MR) is 94.6 cm³/mol. The summed E-state index contributed by atoms with van der Waals surface area (Å²) in [6.45, 7) is 6.30. The highest BCUT2D eigenvalue weighted by Gasteiger charge is 2.24. The maximum atomic E-state index is 12.3. The van der Waals surface area contributed by atoms with Crippen LogP contribution in [0.1, 0.15) is 54.7 Å². The number of hydrogen-bond donors (Lipinski definition) is 1. The van der Waals surface area contributed by atoms with Gasteiger partial charge in [-0.3, -0.25) is 4.79 Å². The molecule has 3 aromatic rings. The van der Waals surface area contributed by atoms with Crippen LogP contribution in [-0.2, 0) is 12.8 Å². The largest absolute Gasteiger partial charge is 0.347 e. The number of hydrogen-bond acceptors (Lipinski definition) is 5. The molecule has 0 unspecified atom stereocenters. The average molecular weight is 343 g/mol. The zero-order valence-electron chi connectivity index (χ0n) is 14.2. The Hall–Kier alpha value is -2.02. The number of thiophene rings is 1. The van der Waals surface area contributed by atoms with Gasteiger partial charge in [0.25, 0.3) is 5.91 Å². The standard InChI is InChI=1S/C17H21N5OS/c1-4-10(3)19-16(23)14-20-15-13-11-7-9(2)5-6-12(11)24-17(13)18-8-22(15)21-14/h8-10H,4-7H2,1-3H3,(H,19,23)/t9-,10+/m0/s1. The molecule has 7 heteroatoms. The van der Waals surface area contributed by atoms with E-state index in [2.05, 4.69) is 27.3 Å². The molecule has 1 amide bonds. The zero-order chi connectivity index (χ0) is 16.8. The van der Waals surface area contributed by atoms with Crippen LogP contribution in [0.3, 0.4) is 0 Å². The number of carbonyl (C=O) groups excluding carboxylic acids is 1. The number of fused-ring (bicyclic) bond motifs is 5. The van der Waals surface area contributed by atoms with Crippen LogP contribution in [-0.4, -0.2) is 31.5 Å². The summed E-state index contributed by atoms with van der Waals surface area (Å²) >= 11 is 1.76. The summed E-state index contributed by atoms with van der Waals surface area (Å²) in [7, 11) is 0. The summed E-state index contributed by atoms with van der Waals surface area (Å²) in [5.41, 5.74) is 2.11. The molecule has 126 valence electrons. The Kier molecular flexibility index (Phi) is 3.75. The second kappa shape index (κ2) is 5.81. The predicted octanol–water partition coefficient (Wildman–Crippen LogP) is 2.99. The van der Waals surface area contributed by atoms with E-state index in [1.54, 1.807) is 22.2 Å². The maximum absolute atomic E-state index is 12.3. The summed E-state index contributed by atoms with van der Waals surface area (Å²) in [6, 6.07) is 0.108. The van der Waals surface area contributed by atoms with E-state index in [4.69, 9.17) is 0 Å². The van der Waals surface area contributed by atoms with Crippen LogP contribution >= 0.6 is 11.3 Å². The molecular formula is C17H21N5OS. The molecule has 3 aromatic heterocycles. The van der Waals surface area contributed by atoms with Crippen LogP contribution in [0.15, 0.2) is 6.33 Å². The van der Waals surface area contributed by atoms with Crippen LogP contribution in [0.2, 0.25) is 0 Å². The van der Waals surface area contributed by atoms with Crippen LogP contribution in [0.5, 0.6) is 0 Å². The van der Waals surface area contributed by atoms with Crippen molar-refractivity contribution in [3.8, 4) is 0 Å². The molecule has 4 rings (SSSR count). The zero-order valence-corrected chi connectivity index (χ0v) is 15.0. The van der Waals surface area contributed by atoms with Crippen molar-refractivity contribution >= 4 is 33.1 Å². The van der Waals surface area contributed by atoms with Gasteiger partial charge in [-0.05, 0) is 44.1 Å². The molecule has 0 saturated carbocycles. The highest BCUT2D eigenvalue weighted by atomic mass is 32.1. The smallest absolute Gasteiger partial charge is 0.291 e. The molecule has 0 aromatic carbocycles. The van der Waals surface area contributed by atoms with Crippen molar-refractivity contribution in [3.63, 3.8) is 0 Å². The Balaban J connectivity index is 1.83. The third kappa shape index (κ3) is 2.47. The van der Waals surface area contributed by atoms with Gasteiger partial charge in [0, 0.05) is 10.9 Å². The molecule has 1 aliphatic carbocycles. The molecule has 0 radical (unpaired) electrons. The highest BCUT2D eigenvalue weighted by molar-refractivity contribution is 7.19. The third-order valence-corrected chi connectivity index (χ3v) is 6.02. The lowest BCUT2D eigenvalue weighted by molar-refractivity contribution is 0.0929. The average Bonchev–Trinajstić information content (AvgIpc) is 3.14. The Morgan fingerprint density at radius 1 is 1.54 bits per heavy atom. The number of nitrogens with one attached hydrogen (secondary N) is 1. The van der Waals surface area contributed by atoms with Crippen LogP contribution in [0, 0.1) is 5.92 Å². The fourth-order valence-electron chi connectivity index (χ4n) is 3.23. The first-order chi connectivity index (χ1) is 11.6. The molecule has 3 heterocycles. The van der Waals surface area contributed by atoms with Crippen molar-refractivity contribution < 1.29 is 4.79 Å². The number of aryl methyl sites for hydroxylation is 1. The lowest BCUT2D eigenvalue weighted by atomic mass is 9.89. The van der Waals surface area contributed by atoms with Gasteiger partial charge in [-0.15, -0.1) is 16.4 Å². The van der Waals surface area contributed by atoms with Crippen LogP contribution < -0.4 is 5.32 Å². The van der Waals surface area contributed by atoms with E-state index >= 15 is 0 Å². The van der Waals surface area contributed by atoms with E-state index in [9.17, 15) is 4.79 Å². The molecule has 0 fully saturated rings. The first-order valence-corrected chi connectivity index (χ1v) is 9.35. The number of rotatable bonds is 3. The second-order valence-corrected chi connectivity index (χ2v) is 7.85. The third-order valence-electron chi connectivity index (χ3n) is 4.82. The molecule has 24 heavy (non-hydrogen) atoms. The number of aromatic nitrogens is 4. The van der Waals surface area contributed by atoms with Crippen molar-refractivity contribution in [2.75, 3.05) is 0 Å². The fraction of sp³-hybridized carbons (Fsp3) is 0.529. The molecule has 0 saturated heterocycles. The minimum atomic E-state index is -0.223. The van der Waals surface area contributed by atoms with Gasteiger partial charge in [-0.25, -0.2) is 14.5 Å². The minimum Gasteiger partial charge on any atom is -0.347 e. The molecular weight excluding hydrogens is 322 g/mol. The summed E-state index contributed by atoms with van der Waals surface area (Å²) in [5, 5.41) is 8.34. The van der Waals surface area contributed by atoms with Crippen molar-refractivity contribution in [1.29, 1.82) is 0 Å². The lowest BCUT2D eigenvalue weighted by Gasteiger charge is -2.17. The SMILES string of the molecule is CC[C@@H](C)NC(=O)c1nc2c3c4c(sc3ncn2n1)CC[C@H](C)C4. The fourth-order valence-corrected chi connectivity index (χ4v) is 4.41. The summed E-state index contributed by atoms with van der Waals surface area (Å²) in [5.74, 6) is 0.665. The van der Waals surface area contributed by atoms with E-state index in [1.165, 1.54) is 16.9 Å². The topological polar surface area (TPSA) is 72.2 Å². The van der Waals surface area contributed by atoms with Gasteiger partial charge in [-0.1, -0.05) is 13.8 Å². The second-order valence-electron chi connectivity index (χ2n) is 6.76. The van der Waals surface area contributed by atoms with Gasteiger partial charge in [0.15, 0.2) is 5.65 Å². The van der Waals surface area contributed by atoms with Gasteiger partial charge < -0.3 is 5.32 Å². The van der Waals surface area contributed by atoms with E-state index in [0.29, 0.717) is 5.92 Å². The Morgan fingerprint density at radius 3 is 3.17 bits per heavy atom. The van der Waals surface area contributed by atoms with Crippen LogP contribution in [0.25, 0.3) is 15.9 Å². The molecule has 0 spiro atoms. The number of nitrogens with zero attached hydrogens (tertiary/aromatic N) is 4. The molecule has 0 aliphatic heterocycles. The van der Waals surface area contributed by atoms with Gasteiger partial charge in [0.05, 0.1) is 5.39 Å². The molecule has 2 atom stereocenters. The first-order valence-electron chi connectivity index (χ1n) is 8.53. The lowest BCUT2D eigenvalue weighted by Crippen LogP contribution is -2.32. The summed E-state index contributed by atoms with van der Waals surface area (Å²) < 4.78 is 1.64. The van der Waals surface area contributed by atoms with E-state index < -0.39 is 0 Å². The molecule has 0 bridgehead atoms. The Bertz CT molecular complexity index is 928. The number of amides is 1. The van der Waals surface area contributed by atoms with Crippen molar-refractivity contribution in [2.45, 2.75) is 52.5 Å². The van der Waals surface area contributed by atoms with E-state index in [-0.39, 0.29) is 17.8 Å². The van der Waals surface area contributed by atoms with Crippen LogP contribution in [0.4, 0.5) is 0 Å². The summed E-state index contributed by atoms with van der Waals surface area (Å²) in [4.78, 5) is 23.8. The number of carbonyl (C=O) groups is 1. The molecule has 6 nitrogen and oxygen atoms in total. The van der Waals surface area contributed by atoms with Gasteiger partial charge in [-0.2, -0.15) is 0 Å². The summed E-state index contributed by atoms with van der Waals surface area (Å²) in [6.07, 6.45) is 5.93. The van der Waals surface area contributed by atoms with Gasteiger partial charge in [0.2, 0.25) is 5.82 Å². The van der Waals surface area contributed by atoms with Gasteiger partial charge >= 0.3 is 0 Å². The van der Waals surface area contributed by atoms with Gasteiger partial charge in [0.1, 0.15) is 11.2 Å².